The van der Waals surface area contributed by atoms with Crippen LogP contribution in [0.5, 0.6) is 0 Å². The Bertz CT molecular complexity index is 537. The average molecular weight is 325 g/mol. The molecule has 0 aromatic heterocycles. The molecule has 0 aliphatic rings. The van der Waals surface area contributed by atoms with E-state index in [1.807, 2.05) is 13.0 Å². The Morgan fingerprint density at radius 1 is 1.53 bits per heavy atom. The molecule has 5 nitrogen and oxygen atoms in total. The summed E-state index contributed by atoms with van der Waals surface area (Å²) in [6, 6.07) is 3.65. The molecule has 6 heteroatoms. The highest BCUT2D eigenvalue weighted by Crippen LogP contribution is 2.25. The van der Waals surface area contributed by atoms with Crippen molar-refractivity contribution in [2.75, 3.05) is 5.32 Å². The fourth-order valence-corrected chi connectivity index (χ4v) is 1.74. The summed E-state index contributed by atoms with van der Waals surface area (Å²) in [6.07, 6.45) is 4.98. The molecule has 3 N–H and O–H groups in total. The summed E-state index contributed by atoms with van der Waals surface area (Å²) in [7, 11) is 0. The van der Waals surface area contributed by atoms with E-state index in [-0.39, 0.29) is 6.42 Å². The first-order valence-corrected chi connectivity index (χ1v) is 6.24. The molecule has 0 aliphatic heterocycles. The molecular weight excluding hydrogens is 312 g/mol. The molecule has 1 aromatic carbocycles. The predicted molar refractivity (Wildman–Crippen MR) is 75.9 cm³/mol. The second-order valence-corrected chi connectivity index (χ2v) is 4.63. The van der Waals surface area contributed by atoms with E-state index in [1.165, 1.54) is 0 Å². The van der Waals surface area contributed by atoms with E-state index in [0.29, 0.717) is 5.69 Å². The first-order chi connectivity index (χ1) is 8.95. The molecule has 0 aliphatic carbocycles. The number of carbonyl (C=O) groups excluding carboxylic acids is 1. The van der Waals surface area contributed by atoms with Crippen LogP contribution in [0, 0.1) is 19.3 Å². The van der Waals surface area contributed by atoms with E-state index in [1.54, 1.807) is 12.1 Å². The molecule has 0 spiro atoms. The van der Waals surface area contributed by atoms with Gasteiger partial charge in [-0.3, -0.25) is 0 Å². The second-order valence-electron chi connectivity index (χ2n) is 3.83. The number of rotatable bonds is 4. The lowest BCUT2D eigenvalue weighted by molar-refractivity contribution is -0.139. The summed E-state index contributed by atoms with van der Waals surface area (Å²) in [5.41, 5.74) is 1.51. The Morgan fingerprint density at radius 2 is 2.21 bits per heavy atom. The minimum absolute atomic E-state index is 0.0717. The van der Waals surface area contributed by atoms with Crippen molar-refractivity contribution in [3.8, 4) is 12.3 Å². The monoisotopic (exact) mass is 324 g/mol. The van der Waals surface area contributed by atoms with Crippen LogP contribution in [0.2, 0.25) is 0 Å². The van der Waals surface area contributed by atoms with Crippen molar-refractivity contribution >= 4 is 33.6 Å². The van der Waals surface area contributed by atoms with Crippen LogP contribution in [0.1, 0.15) is 12.0 Å². The van der Waals surface area contributed by atoms with Crippen LogP contribution >= 0.6 is 15.9 Å². The number of benzene rings is 1. The molecule has 100 valence electrons. The van der Waals surface area contributed by atoms with Crippen LogP contribution in [0.3, 0.4) is 0 Å². The first kappa shape index (κ1) is 15.1. The van der Waals surface area contributed by atoms with E-state index in [9.17, 15) is 9.59 Å². The van der Waals surface area contributed by atoms with Gasteiger partial charge in [-0.05, 0) is 34.5 Å². The largest absolute Gasteiger partial charge is 0.480 e. The van der Waals surface area contributed by atoms with Crippen molar-refractivity contribution in [2.24, 2.45) is 0 Å². The van der Waals surface area contributed by atoms with Crippen LogP contribution in [0.15, 0.2) is 22.7 Å². The topological polar surface area (TPSA) is 78.4 Å². The molecule has 0 fully saturated rings. The summed E-state index contributed by atoms with van der Waals surface area (Å²) in [5, 5.41) is 13.7. The number of anilines is 1. The predicted octanol–water partition coefficient (Wildman–Crippen LogP) is 2.36. The summed E-state index contributed by atoms with van der Waals surface area (Å²) >= 11 is 3.34. The van der Waals surface area contributed by atoms with Gasteiger partial charge in [-0.15, -0.1) is 12.3 Å². The Hall–Kier alpha value is -2.00. The molecule has 19 heavy (non-hydrogen) atoms. The maximum atomic E-state index is 11.7. The third kappa shape index (κ3) is 4.30. The third-order valence-electron chi connectivity index (χ3n) is 2.37. The lowest BCUT2D eigenvalue weighted by Crippen LogP contribution is -2.42. The second kappa shape index (κ2) is 6.81. The Morgan fingerprint density at radius 3 is 2.79 bits per heavy atom. The van der Waals surface area contributed by atoms with Crippen molar-refractivity contribution in [3.05, 3.63) is 28.2 Å². The lowest BCUT2D eigenvalue weighted by atomic mass is 10.2. The number of aliphatic carboxylic acids is 1. The van der Waals surface area contributed by atoms with Gasteiger partial charge in [0.2, 0.25) is 0 Å². The zero-order chi connectivity index (χ0) is 14.4. The Balaban J connectivity index is 2.72. The van der Waals surface area contributed by atoms with Gasteiger partial charge in [0.25, 0.3) is 0 Å². The number of halogens is 1. The van der Waals surface area contributed by atoms with Gasteiger partial charge < -0.3 is 15.7 Å². The van der Waals surface area contributed by atoms with Crippen LogP contribution in [0.4, 0.5) is 10.5 Å². The minimum Gasteiger partial charge on any atom is -0.480 e. The van der Waals surface area contributed by atoms with Crippen LogP contribution in [-0.4, -0.2) is 23.1 Å². The molecule has 1 unspecified atom stereocenters. The van der Waals surface area contributed by atoms with Crippen molar-refractivity contribution < 1.29 is 14.7 Å². The maximum Gasteiger partial charge on any atom is 0.327 e. The van der Waals surface area contributed by atoms with Crippen molar-refractivity contribution in [2.45, 2.75) is 19.4 Å². The molecule has 1 aromatic rings. The number of carbonyl (C=O) groups is 2. The number of urea groups is 1. The zero-order valence-electron chi connectivity index (χ0n) is 10.2. The summed E-state index contributed by atoms with van der Waals surface area (Å²) < 4.78 is 0.744. The molecular formula is C13H13BrN2O3. The first-order valence-electron chi connectivity index (χ1n) is 5.44. The standard InChI is InChI=1S/C13H13BrN2O3/c1-3-5-10(12(17)18)16-13(19)15-9-7-4-6-8(2)11(9)14/h1,4,6-7,10H,5H2,2H3,(H,17,18)(H2,15,16,19). The van der Waals surface area contributed by atoms with Crippen molar-refractivity contribution in [1.82, 2.24) is 5.32 Å². The van der Waals surface area contributed by atoms with E-state index in [2.05, 4.69) is 32.5 Å². The number of hydrogen-bond donors (Lipinski definition) is 3. The van der Waals surface area contributed by atoms with E-state index in [4.69, 9.17) is 11.5 Å². The van der Waals surface area contributed by atoms with Gasteiger partial charge in [-0.2, -0.15) is 0 Å². The molecule has 1 rings (SSSR count). The quantitative estimate of drug-likeness (QED) is 0.744. The van der Waals surface area contributed by atoms with Crippen molar-refractivity contribution in [3.63, 3.8) is 0 Å². The Labute approximate surface area is 119 Å². The van der Waals surface area contributed by atoms with E-state index < -0.39 is 18.0 Å². The number of hydrogen-bond acceptors (Lipinski definition) is 2. The third-order valence-corrected chi connectivity index (χ3v) is 3.42. The van der Waals surface area contributed by atoms with Crippen molar-refractivity contribution in [1.29, 1.82) is 0 Å². The fourth-order valence-electron chi connectivity index (χ4n) is 1.38. The normalized spacial score (nSPS) is 11.2. The maximum absolute atomic E-state index is 11.7. The minimum atomic E-state index is -1.17. The molecule has 0 heterocycles. The Kier molecular flexibility index (Phi) is 5.39. The number of carboxylic acid groups (broad SMARTS) is 1. The smallest absolute Gasteiger partial charge is 0.327 e. The number of nitrogens with one attached hydrogen (secondary N) is 2. The summed E-state index contributed by atoms with van der Waals surface area (Å²) in [5.74, 6) is 1.04. The average Bonchev–Trinajstić information content (AvgIpc) is 2.34. The lowest BCUT2D eigenvalue weighted by Gasteiger charge is -2.14. The summed E-state index contributed by atoms with van der Waals surface area (Å²) in [4.78, 5) is 22.5. The van der Waals surface area contributed by atoms with Gasteiger partial charge in [0.1, 0.15) is 6.04 Å². The van der Waals surface area contributed by atoms with Crippen LogP contribution in [0.25, 0.3) is 0 Å². The highest BCUT2D eigenvalue weighted by Gasteiger charge is 2.19. The van der Waals surface area contributed by atoms with Gasteiger partial charge in [0.05, 0.1) is 5.69 Å². The van der Waals surface area contributed by atoms with Gasteiger partial charge >= 0.3 is 12.0 Å². The number of amides is 2. The number of aryl methyl sites for hydroxylation is 1. The van der Waals surface area contributed by atoms with Gasteiger partial charge in [-0.1, -0.05) is 12.1 Å². The SMILES string of the molecule is C#CCC(NC(=O)Nc1cccc(C)c1Br)C(=O)O. The van der Waals surface area contributed by atoms with Crippen LogP contribution < -0.4 is 10.6 Å². The molecule has 1 atom stereocenters. The zero-order valence-corrected chi connectivity index (χ0v) is 11.8. The number of terminal acetylenes is 1. The van der Waals surface area contributed by atoms with Gasteiger partial charge in [0.15, 0.2) is 0 Å². The highest BCUT2D eigenvalue weighted by atomic mass is 79.9. The van der Waals surface area contributed by atoms with E-state index in [0.717, 1.165) is 10.0 Å². The fraction of sp³-hybridized carbons (Fsp3) is 0.231. The van der Waals surface area contributed by atoms with Gasteiger partial charge in [0, 0.05) is 10.9 Å². The molecule has 0 saturated carbocycles. The summed E-state index contributed by atoms with van der Waals surface area (Å²) in [6.45, 7) is 1.88. The van der Waals surface area contributed by atoms with E-state index >= 15 is 0 Å². The molecule has 0 radical (unpaired) electrons. The van der Waals surface area contributed by atoms with Crippen LogP contribution in [-0.2, 0) is 4.79 Å². The highest BCUT2D eigenvalue weighted by molar-refractivity contribution is 9.10. The molecule has 0 bridgehead atoms. The molecule has 0 saturated heterocycles. The van der Waals surface area contributed by atoms with Gasteiger partial charge in [-0.25, -0.2) is 9.59 Å². The number of carboxylic acids is 1. The molecule has 2 amide bonds.